The molecule has 9 nitrogen and oxygen atoms in total. The maximum absolute atomic E-state index is 13.2. The van der Waals surface area contributed by atoms with Crippen LogP contribution in [0.25, 0.3) is 0 Å². The van der Waals surface area contributed by atoms with Crippen LogP contribution in [0.3, 0.4) is 0 Å². The Morgan fingerprint density at radius 3 is 2.81 bits per heavy atom. The zero-order valence-corrected chi connectivity index (χ0v) is 19.8. The molecule has 0 aliphatic carbocycles. The van der Waals surface area contributed by atoms with Crippen molar-refractivity contribution < 1.29 is 19.5 Å². The molecule has 1 aromatic rings. The van der Waals surface area contributed by atoms with Crippen molar-refractivity contribution in [3.05, 3.63) is 18.2 Å². The first kappa shape index (κ1) is 24.6. The van der Waals surface area contributed by atoms with Gasteiger partial charge in [0.2, 0.25) is 11.8 Å². The lowest BCUT2D eigenvalue weighted by Gasteiger charge is -2.33. The van der Waals surface area contributed by atoms with E-state index in [2.05, 4.69) is 27.1 Å². The fourth-order valence-electron chi connectivity index (χ4n) is 4.96. The number of carboxylic acid groups (broad SMARTS) is 1. The van der Waals surface area contributed by atoms with E-state index in [0.717, 1.165) is 44.5 Å². The summed E-state index contributed by atoms with van der Waals surface area (Å²) in [6, 6.07) is -1.15. The second kappa shape index (κ2) is 11.7. The Morgan fingerprint density at radius 2 is 2.16 bits per heavy atom. The summed E-state index contributed by atoms with van der Waals surface area (Å²) in [5, 5.41) is 12.3. The average Bonchev–Trinajstić information content (AvgIpc) is 3.52. The summed E-state index contributed by atoms with van der Waals surface area (Å²) in [5.74, 6) is -0.251. The topological polar surface area (TPSA) is 119 Å². The summed E-state index contributed by atoms with van der Waals surface area (Å²) in [6.45, 7) is 4.23. The van der Waals surface area contributed by atoms with Crippen LogP contribution in [0.2, 0.25) is 0 Å². The minimum atomic E-state index is -0.990. The van der Waals surface area contributed by atoms with Gasteiger partial charge in [-0.1, -0.05) is 13.3 Å². The molecule has 0 spiro atoms. The molecule has 3 rings (SSSR count). The molecule has 0 aromatic carbocycles. The molecule has 0 bridgehead atoms. The number of amides is 2. The maximum atomic E-state index is 13.2. The molecule has 2 aliphatic heterocycles. The van der Waals surface area contributed by atoms with Crippen LogP contribution < -0.4 is 5.32 Å². The summed E-state index contributed by atoms with van der Waals surface area (Å²) >= 11 is 1.57. The third-order valence-electron chi connectivity index (χ3n) is 6.68. The molecule has 3 N–H and O–H groups in total. The van der Waals surface area contributed by atoms with Gasteiger partial charge in [-0.05, 0) is 50.2 Å². The molecule has 32 heavy (non-hydrogen) atoms. The second-order valence-electron chi connectivity index (χ2n) is 8.70. The van der Waals surface area contributed by atoms with Crippen molar-refractivity contribution in [1.29, 1.82) is 0 Å². The Bertz CT molecular complexity index is 774. The third kappa shape index (κ3) is 6.04. The second-order valence-corrected chi connectivity index (χ2v) is 9.68. The number of likely N-dealkylation sites (tertiary alicyclic amines) is 2. The quantitative estimate of drug-likeness (QED) is 0.452. The highest BCUT2D eigenvalue weighted by Crippen LogP contribution is 2.30. The van der Waals surface area contributed by atoms with E-state index in [1.165, 1.54) is 0 Å². The molecule has 2 saturated heterocycles. The standard InChI is InChI=1S/C22H35N5O4S/c1-3-15-6-9-26(20(15)21(29)25-18(22(30)31)7-10-32-2)13-17-5-4-8-27(17)19(28)11-16-12-23-14-24-16/h12,14-15,17-18,20H,3-11,13H2,1-2H3,(H,23,24)(H,25,29)(H,30,31)/t15-,17-,18?,20?/m0/s1. The highest BCUT2D eigenvalue weighted by atomic mass is 32.2. The number of hydrogen-bond acceptors (Lipinski definition) is 6. The van der Waals surface area contributed by atoms with Gasteiger partial charge in [-0.3, -0.25) is 14.5 Å². The van der Waals surface area contributed by atoms with Gasteiger partial charge in [0.25, 0.3) is 0 Å². The van der Waals surface area contributed by atoms with Crippen LogP contribution in [0.4, 0.5) is 0 Å². The molecular weight excluding hydrogens is 430 g/mol. The van der Waals surface area contributed by atoms with Crippen molar-refractivity contribution in [2.24, 2.45) is 5.92 Å². The van der Waals surface area contributed by atoms with Crippen molar-refractivity contribution in [1.82, 2.24) is 25.1 Å². The van der Waals surface area contributed by atoms with Gasteiger partial charge >= 0.3 is 5.97 Å². The predicted octanol–water partition coefficient (Wildman–Crippen LogP) is 1.37. The zero-order chi connectivity index (χ0) is 23.1. The summed E-state index contributed by atoms with van der Waals surface area (Å²) < 4.78 is 0. The highest BCUT2D eigenvalue weighted by Gasteiger charge is 2.42. The molecule has 2 fully saturated rings. The molecule has 178 valence electrons. The number of nitrogens with zero attached hydrogens (tertiary/aromatic N) is 3. The molecule has 2 aliphatic rings. The Morgan fingerprint density at radius 1 is 1.34 bits per heavy atom. The van der Waals surface area contributed by atoms with Gasteiger partial charge in [-0.15, -0.1) is 0 Å². The number of nitrogens with one attached hydrogen (secondary N) is 2. The summed E-state index contributed by atoms with van der Waals surface area (Å²) in [6.07, 6.45) is 9.56. The van der Waals surface area contributed by atoms with Crippen LogP contribution in [-0.2, 0) is 20.8 Å². The lowest BCUT2D eigenvalue weighted by molar-refractivity contribution is -0.143. The van der Waals surface area contributed by atoms with E-state index in [0.29, 0.717) is 18.7 Å². The first-order valence-corrected chi connectivity index (χ1v) is 12.9. The monoisotopic (exact) mass is 465 g/mol. The van der Waals surface area contributed by atoms with E-state index >= 15 is 0 Å². The molecular formula is C22H35N5O4S. The largest absolute Gasteiger partial charge is 0.480 e. The van der Waals surface area contributed by atoms with E-state index in [-0.39, 0.29) is 36.2 Å². The van der Waals surface area contributed by atoms with Crippen molar-refractivity contribution in [2.75, 3.05) is 31.6 Å². The lowest BCUT2D eigenvalue weighted by atomic mass is 9.96. The summed E-state index contributed by atoms with van der Waals surface area (Å²) in [4.78, 5) is 48.8. The minimum absolute atomic E-state index is 0.0647. The Labute approximate surface area is 193 Å². The van der Waals surface area contributed by atoms with Crippen LogP contribution in [0.1, 0.15) is 44.7 Å². The number of imidazole rings is 1. The van der Waals surface area contributed by atoms with Gasteiger partial charge in [0.15, 0.2) is 0 Å². The van der Waals surface area contributed by atoms with Gasteiger partial charge in [-0.2, -0.15) is 11.8 Å². The minimum Gasteiger partial charge on any atom is -0.480 e. The van der Waals surface area contributed by atoms with Gasteiger partial charge in [0.1, 0.15) is 6.04 Å². The number of aliphatic carboxylic acids is 1. The number of aromatic amines is 1. The first-order chi connectivity index (χ1) is 15.4. The Hall–Kier alpha value is -2.07. The zero-order valence-electron chi connectivity index (χ0n) is 19.0. The Balaban J connectivity index is 1.65. The van der Waals surface area contributed by atoms with Gasteiger partial charge in [0, 0.05) is 25.3 Å². The van der Waals surface area contributed by atoms with Crippen LogP contribution >= 0.6 is 11.8 Å². The molecule has 10 heteroatoms. The summed E-state index contributed by atoms with van der Waals surface area (Å²) in [5.41, 5.74) is 0.732. The van der Waals surface area contributed by atoms with Crippen LogP contribution in [0.5, 0.6) is 0 Å². The third-order valence-corrected chi connectivity index (χ3v) is 7.32. The molecule has 2 unspecified atom stereocenters. The van der Waals surface area contributed by atoms with Crippen molar-refractivity contribution in [3.63, 3.8) is 0 Å². The molecule has 3 heterocycles. The van der Waals surface area contributed by atoms with Crippen LogP contribution in [-0.4, -0.2) is 92.4 Å². The Kier molecular flexibility index (Phi) is 8.98. The van der Waals surface area contributed by atoms with E-state index in [1.807, 2.05) is 11.2 Å². The fraction of sp³-hybridized carbons (Fsp3) is 0.727. The van der Waals surface area contributed by atoms with E-state index in [9.17, 15) is 19.5 Å². The normalized spacial score (nSPS) is 24.6. The van der Waals surface area contributed by atoms with Crippen LogP contribution in [0.15, 0.2) is 12.5 Å². The smallest absolute Gasteiger partial charge is 0.326 e. The molecule has 0 radical (unpaired) electrons. The highest BCUT2D eigenvalue weighted by molar-refractivity contribution is 7.98. The molecule has 4 atom stereocenters. The van der Waals surface area contributed by atoms with Crippen molar-refractivity contribution >= 4 is 29.5 Å². The predicted molar refractivity (Wildman–Crippen MR) is 123 cm³/mol. The van der Waals surface area contributed by atoms with Gasteiger partial charge in [-0.25, -0.2) is 9.78 Å². The fourth-order valence-corrected chi connectivity index (χ4v) is 5.43. The molecule has 0 saturated carbocycles. The van der Waals surface area contributed by atoms with Crippen molar-refractivity contribution in [3.8, 4) is 0 Å². The molecule has 1 aromatic heterocycles. The number of carbonyl (C=O) groups is 3. The number of H-pyrrole nitrogens is 1. The molecule has 2 amide bonds. The lowest BCUT2D eigenvalue weighted by Crippen LogP contribution is -2.54. The van der Waals surface area contributed by atoms with Crippen LogP contribution in [0, 0.1) is 5.92 Å². The van der Waals surface area contributed by atoms with E-state index < -0.39 is 12.0 Å². The number of carbonyl (C=O) groups excluding carboxylic acids is 2. The first-order valence-electron chi connectivity index (χ1n) is 11.5. The summed E-state index contributed by atoms with van der Waals surface area (Å²) in [7, 11) is 0. The SMILES string of the molecule is CC[C@H]1CCN(C[C@@H]2CCCN2C(=O)Cc2c[nH]cn2)C1C(=O)NC(CCSC)C(=O)O. The van der Waals surface area contributed by atoms with Crippen molar-refractivity contribution in [2.45, 2.75) is 63.6 Å². The van der Waals surface area contributed by atoms with E-state index in [4.69, 9.17) is 0 Å². The number of carboxylic acids is 1. The van der Waals surface area contributed by atoms with Gasteiger partial charge < -0.3 is 20.3 Å². The maximum Gasteiger partial charge on any atom is 0.326 e. The van der Waals surface area contributed by atoms with E-state index in [1.54, 1.807) is 24.3 Å². The number of aromatic nitrogens is 2. The number of thioether (sulfide) groups is 1. The van der Waals surface area contributed by atoms with Gasteiger partial charge in [0.05, 0.1) is 24.5 Å². The number of hydrogen-bond donors (Lipinski definition) is 3. The number of rotatable bonds is 11. The average molecular weight is 466 g/mol.